The summed E-state index contributed by atoms with van der Waals surface area (Å²) in [5.41, 5.74) is 0. The molecule has 0 aliphatic carbocycles. The summed E-state index contributed by atoms with van der Waals surface area (Å²) in [5.74, 6) is 5.10. The normalized spacial score (nSPS) is 13.2. The van der Waals surface area contributed by atoms with Crippen LogP contribution in [0.1, 0.15) is 59.3 Å². The van der Waals surface area contributed by atoms with Crippen LogP contribution >= 0.6 is 0 Å². The van der Waals surface area contributed by atoms with E-state index in [0.717, 1.165) is 32.0 Å². The van der Waals surface area contributed by atoms with E-state index in [1.165, 1.54) is 0 Å². The van der Waals surface area contributed by atoms with Gasteiger partial charge in [-0.15, -0.1) is 0 Å². The van der Waals surface area contributed by atoms with Crippen LogP contribution in [-0.2, 0) is 4.79 Å². The van der Waals surface area contributed by atoms with Gasteiger partial charge in [0.05, 0.1) is 0 Å². The molecule has 0 aliphatic heterocycles. The fraction of sp³-hybridized carbons (Fsp3) is 0.611. The minimum Gasteiger partial charge on any atom is -0.381 e. The Hall–Kier alpha value is -1.37. The molecule has 0 aromatic carbocycles. The Morgan fingerprint density at radius 2 is 1.48 bits per heavy atom. The van der Waals surface area contributed by atoms with Gasteiger partial charge >= 0.3 is 0 Å². The van der Waals surface area contributed by atoms with E-state index in [-0.39, 0.29) is 0 Å². The van der Waals surface area contributed by atoms with Crippen molar-refractivity contribution in [1.82, 2.24) is 0 Å². The lowest BCUT2D eigenvalue weighted by atomic mass is 10.2. The summed E-state index contributed by atoms with van der Waals surface area (Å²) in [6, 6.07) is 0. The number of hydrogen-bond acceptors (Lipinski definition) is 3. The van der Waals surface area contributed by atoms with Crippen LogP contribution in [0, 0.1) is 11.8 Å². The molecule has 21 heavy (non-hydrogen) atoms. The second-order valence-electron chi connectivity index (χ2n) is 4.56. The number of allylic oxidation sites excluding steroid dienone is 4. The first kappa shape index (κ1) is 21.9. The first-order valence-electron chi connectivity index (χ1n) is 7.69. The van der Waals surface area contributed by atoms with E-state index >= 15 is 0 Å². The third-order valence-electron chi connectivity index (χ3n) is 2.32. The van der Waals surface area contributed by atoms with Crippen molar-refractivity contribution in [3.63, 3.8) is 0 Å². The van der Waals surface area contributed by atoms with Crippen LogP contribution in [0.25, 0.3) is 0 Å². The van der Waals surface area contributed by atoms with Crippen LogP contribution in [0.5, 0.6) is 0 Å². The summed E-state index contributed by atoms with van der Waals surface area (Å²) in [7, 11) is 0. The lowest BCUT2D eigenvalue weighted by molar-refractivity contribution is -0.107. The standard InChI is InChI=1S/C11H18O2.C7H12O/c1-3-4-5-6-7-11(13)9-8-10(2)12;1-2-3-4-5-6-7-8/h4-5,10-13H,3,6-7H2,1-2H3;3-4,7H,2,5-6H2,1H3. The van der Waals surface area contributed by atoms with Crippen molar-refractivity contribution < 1.29 is 15.0 Å². The Labute approximate surface area is 129 Å². The van der Waals surface area contributed by atoms with Gasteiger partial charge in [-0.3, -0.25) is 0 Å². The van der Waals surface area contributed by atoms with Gasteiger partial charge in [0.25, 0.3) is 0 Å². The number of aldehydes is 1. The lowest BCUT2D eigenvalue weighted by Crippen LogP contribution is -2.03. The van der Waals surface area contributed by atoms with Gasteiger partial charge in [0, 0.05) is 6.42 Å². The molecule has 0 aromatic heterocycles. The lowest BCUT2D eigenvalue weighted by Gasteiger charge is -1.99. The molecule has 3 nitrogen and oxygen atoms in total. The third kappa shape index (κ3) is 24.1. The second kappa shape index (κ2) is 18.6. The maximum atomic E-state index is 9.73. The average molecular weight is 294 g/mol. The quantitative estimate of drug-likeness (QED) is 0.312. The van der Waals surface area contributed by atoms with E-state index in [4.69, 9.17) is 5.11 Å². The van der Waals surface area contributed by atoms with Gasteiger partial charge in [0.2, 0.25) is 0 Å². The summed E-state index contributed by atoms with van der Waals surface area (Å²) in [6.45, 7) is 5.73. The Bertz CT molecular complexity index is 332. The zero-order valence-electron chi connectivity index (χ0n) is 13.6. The van der Waals surface area contributed by atoms with Gasteiger partial charge < -0.3 is 15.0 Å². The fourth-order valence-corrected chi connectivity index (χ4v) is 1.28. The van der Waals surface area contributed by atoms with E-state index in [1.54, 1.807) is 6.92 Å². The van der Waals surface area contributed by atoms with E-state index in [1.807, 2.05) is 12.2 Å². The smallest absolute Gasteiger partial charge is 0.120 e. The topological polar surface area (TPSA) is 57.5 Å². The number of rotatable bonds is 8. The first-order valence-corrected chi connectivity index (χ1v) is 7.69. The Kier molecular flexibility index (Phi) is 19.4. The molecule has 0 spiro atoms. The number of carbonyl (C=O) groups is 1. The Balaban J connectivity index is 0. The van der Waals surface area contributed by atoms with E-state index < -0.39 is 12.2 Å². The highest BCUT2D eigenvalue weighted by molar-refractivity contribution is 5.49. The minimum atomic E-state index is -0.652. The molecule has 0 fully saturated rings. The summed E-state index contributed by atoms with van der Waals surface area (Å²) in [5, 5.41) is 18.1. The summed E-state index contributed by atoms with van der Waals surface area (Å²) < 4.78 is 0. The number of hydrogen-bond donors (Lipinski definition) is 2. The monoisotopic (exact) mass is 294 g/mol. The maximum absolute atomic E-state index is 9.73. The van der Waals surface area contributed by atoms with Crippen LogP contribution in [0.3, 0.4) is 0 Å². The highest BCUT2D eigenvalue weighted by Crippen LogP contribution is 1.97. The van der Waals surface area contributed by atoms with Crippen molar-refractivity contribution in [3.05, 3.63) is 24.3 Å². The Morgan fingerprint density at radius 1 is 0.905 bits per heavy atom. The van der Waals surface area contributed by atoms with Crippen molar-refractivity contribution in [2.24, 2.45) is 0 Å². The maximum Gasteiger partial charge on any atom is 0.120 e. The number of aliphatic hydroxyl groups excluding tert-OH is 2. The van der Waals surface area contributed by atoms with Gasteiger partial charge in [-0.05, 0) is 39.0 Å². The molecule has 0 aliphatic rings. The molecule has 120 valence electrons. The van der Waals surface area contributed by atoms with Crippen molar-refractivity contribution in [2.75, 3.05) is 0 Å². The Morgan fingerprint density at radius 3 is 1.95 bits per heavy atom. The molecule has 2 unspecified atom stereocenters. The third-order valence-corrected chi connectivity index (χ3v) is 2.32. The molecule has 0 aromatic rings. The number of aliphatic hydroxyl groups is 2. The molecular formula is C18H30O3. The van der Waals surface area contributed by atoms with Crippen LogP contribution < -0.4 is 0 Å². The van der Waals surface area contributed by atoms with Crippen LogP contribution in [0.2, 0.25) is 0 Å². The summed E-state index contributed by atoms with van der Waals surface area (Å²) in [6.07, 6.45) is 13.0. The van der Waals surface area contributed by atoms with Gasteiger partial charge in [-0.25, -0.2) is 0 Å². The molecule has 0 rings (SSSR count). The highest BCUT2D eigenvalue weighted by atomic mass is 16.3. The minimum absolute atomic E-state index is 0.615. The van der Waals surface area contributed by atoms with Gasteiger partial charge in [-0.2, -0.15) is 0 Å². The van der Waals surface area contributed by atoms with Crippen molar-refractivity contribution in [3.8, 4) is 11.8 Å². The molecule has 2 atom stereocenters. The molecule has 0 heterocycles. The molecule has 0 saturated carbocycles. The largest absolute Gasteiger partial charge is 0.381 e. The summed E-state index contributed by atoms with van der Waals surface area (Å²) in [4.78, 5) is 9.73. The number of carbonyl (C=O) groups excluding carboxylic acids is 1. The van der Waals surface area contributed by atoms with E-state index in [9.17, 15) is 9.90 Å². The zero-order chi connectivity index (χ0) is 16.3. The van der Waals surface area contributed by atoms with Gasteiger partial charge in [-0.1, -0.05) is 50.0 Å². The predicted molar refractivity (Wildman–Crippen MR) is 88.9 cm³/mol. The highest BCUT2D eigenvalue weighted by Gasteiger charge is 1.96. The molecule has 0 amide bonds. The molecule has 3 heteroatoms. The van der Waals surface area contributed by atoms with Crippen molar-refractivity contribution >= 4 is 6.29 Å². The summed E-state index contributed by atoms with van der Waals surface area (Å²) >= 11 is 0. The molecule has 0 radical (unpaired) electrons. The zero-order valence-corrected chi connectivity index (χ0v) is 13.6. The van der Waals surface area contributed by atoms with Gasteiger partial charge in [0.15, 0.2) is 0 Å². The average Bonchev–Trinajstić information content (AvgIpc) is 2.47. The molecule has 0 saturated heterocycles. The van der Waals surface area contributed by atoms with Crippen LogP contribution in [0.15, 0.2) is 24.3 Å². The second-order valence-corrected chi connectivity index (χ2v) is 4.56. The van der Waals surface area contributed by atoms with Crippen LogP contribution in [-0.4, -0.2) is 28.7 Å². The van der Waals surface area contributed by atoms with Crippen molar-refractivity contribution in [1.29, 1.82) is 0 Å². The van der Waals surface area contributed by atoms with Gasteiger partial charge in [0.1, 0.15) is 18.5 Å². The van der Waals surface area contributed by atoms with E-state index in [0.29, 0.717) is 12.8 Å². The SMILES string of the molecule is CCC=CCCC(O)C#CC(C)O.CCC=CCCC=O. The molecule has 2 N–H and O–H groups in total. The fourth-order valence-electron chi connectivity index (χ4n) is 1.28. The van der Waals surface area contributed by atoms with Crippen LogP contribution in [0.4, 0.5) is 0 Å². The molecular weight excluding hydrogens is 264 g/mol. The first-order chi connectivity index (χ1) is 10.1. The predicted octanol–water partition coefficient (Wildman–Crippen LogP) is 3.41. The molecule has 0 bridgehead atoms. The number of unbranched alkanes of at least 4 members (excludes halogenated alkanes) is 1. The van der Waals surface area contributed by atoms with E-state index in [2.05, 4.69) is 37.8 Å². The van der Waals surface area contributed by atoms with Crippen molar-refractivity contribution in [2.45, 2.75) is 71.5 Å².